The SMILES string of the molecule is Cc1cc([C@@H](N)CCCN)ccc1F. The molecule has 0 bridgehead atoms. The standard InChI is InChI=1S/C11H17FN2/c1-8-7-9(4-5-10(8)12)11(14)3-2-6-13/h4-5,7,11H,2-3,6,13-14H2,1H3/t11-/m0/s1. The number of hydrogen-bond acceptors (Lipinski definition) is 2. The van der Waals surface area contributed by atoms with E-state index in [1.54, 1.807) is 19.1 Å². The summed E-state index contributed by atoms with van der Waals surface area (Å²) in [6.07, 6.45) is 1.75. The fraction of sp³-hybridized carbons (Fsp3) is 0.455. The van der Waals surface area contributed by atoms with E-state index in [9.17, 15) is 4.39 Å². The summed E-state index contributed by atoms with van der Waals surface area (Å²) in [4.78, 5) is 0. The van der Waals surface area contributed by atoms with Gasteiger partial charge in [-0.2, -0.15) is 0 Å². The summed E-state index contributed by atoms with van der Waals surface area (Å²) < 4.78 is 13.0. The molecule has 0 aromatic heterocycles. The summed E-state index contributed by atoms with van der Waals surface area (Å²) in [5.41, 5.74) is 12.9. The minimum atomic E-state index is -0.181. The van der Waals surface area contributed by atoms with Crippen LogP contribution >= 0.6 is 0 Å². The maximum Gasteiger partial charge on any atom is 0.126 e. The summed E-state index contributed by atoms with van der Waals surface area (Å²) >= 11 is 0. The van der Waals surface area contributed by atoms with E-state index in [0.717, 1.165) is 18.4 Å². The minimum Gasteiger partial charge on any atom is -0.330 e. The molecule has 1 rings (SSSR count). The van der Waals surface area contributed by atoms with E-state index >= 15 is 0 Å². The summed E-state index contributed by atoms with van der Waals surface area (Å²) in [6, 6.07) is 4.98. The molecule has 0 aliphatic heterocycles. The number of benzene rings is 1. The Morgan fingerprint density at radius 3 is 2.71 bits per heavy atom. The zero-order valence-corrected chi connectivity index (χ0v) is 8.46. The van der Waals surface area contributed by atoms with Gasteiger partial charge in [0.25, 0.3) is 0 Å². The summed E-state index contributed by atoms with van der Waals surface area (Å²) in [5, 5.41) is 0. The number of nitrogens with two attached hydrogens (primary N) is 2. The highest BCUT2D eigenvalue weighted by Crippen LogP contribution is 2.18. The number of halogens is 1. The van der Waals surface area contributed by atoms with E-state index in [1.165, 1.54) is 6.07 Å². The lowest BCUT2D eigenvalue weighted by molar-refractivity contribution is 0.601. The Labute approximate surface area is 84.1 Å². The zero-order chi connectivity index (χ0) is 10.6. The topological polar surface area (TPSA) is 52.0 Å². The van der Waals surface area contributed by atoms with Gasteiger partial charge in [0.15, 0.2) is 0 Å². The first-order chi connectivity index (χ1) is 6.65. The van der Waals surface area contributed by atoms with Gasteiger partial charge in [0.05, 0.1) is 0 Å². The van der Waals surface area contributed by atoms with Crippen LogP contribution in [0.2, 0.25) is 0 Å². The van der Waals surface area contributed by atoms with Crippen molar-refractivity contribution in [3.8, 4) is 0 Å². The van der Waals surface area contributed by atoms with Crippen LogP contribution in [0.1, 0.15) is 30.0 Å². The van der Waals surface area contributed by atoms with E-state index in [1.807, 2.05) is 0 Å². The molecule has 14 heavy (non-hydrogen) atoms. The molecule has 0 fully saturated rings. The van der Waals surface area contributed by atoms with E-state index in [-0.39, 0.29) is 11.9 Å². The molecule has 4 N–H and O–H groups in total. The first-order valence-corrected chi connectivity index (χ1v) is 4.87. The van der Waals surface area contributed by atoms with Crippen molar-refractivity contribution in [2.45, 2.75) is 25.8 Å². The molecule has 0 amide bonds. The maximum atomic E-state index is 13.0. The summed E-state index contributed by atoms with van der Waals surface area (Å²) in [5.74, 6) is -0.181. The van der Waals surface area contributed by atoms with Crippen LogP contribution in [0.4, 0.5) is 4.39 Å². The normalized spacial score (nSPS) is 12.9. The van der Waals surface area contributed by atoms with Crippen molar-refractivity contribution in [3.05, 3.63) is 35.1 Å². The summed E-state index contributed by atoms with van der Waals surface area (Å²) in [7, 11) is 0. The second-order valence-corrected chi connectivity index (χ2v) is 3.55. The third-order valence-electron chi connectivity index (χ3n) is 2.33. The average molecular weight is 196 g/mol. The number of aryl methyl sites for hydroxylation is 1. The van der Waals surface area contributed by atoms with Crippen molar-refractivity contribution < 1.29 is 4.39 Å². The number of hydrogen-bond donors (Lipinski definition) is 2. The molecular formula is C11H17FN2. The van der Waals surface area contributed by atoms with Gasteiger partial charge in [-0.25, -0.2) is 4.39 Å². The van der Waals surface area contributed by atoms with Gasteiger partial charge in [0.2, 0.25) is 0 Å². The number of rotatable bonds is 4. The van der Waals surface area contributed by atoms with Crippen LogP contribution in [0.5, 0.6) is 0 Å². The van der Waals surface area contributed by atoms with Crippen LogP contribution < -0.4 is 11.5 Å². The maximum absolute atomic E-state index is 13.0. The second-order valence-electron chi connectivity index (χ2n) is 3.55. The average Bonchev–Trinajstić information content (AvgIpc) is 2.18. The predicted octanol–water partition coefficient (Wildman–Crippen LogP) is 1.87. The molecule has 1 atom stereocenters. The van der Waals surface area contributed by atoms with E-state index in [0.29, 0.717) is 12.1 Å². The third kappa shape index (κ3) is 2.79. The molecule has 0 saturated heterocycles. The molecule has 0 unspecified atom stereocenters. The van der Waals surface area contributed by atoms with Crippen LogP contribution in [-0.4, -0.2) is 6.54 Å². The van der Waals surface area contributed by atoms with Gasteiger partial charge in [-0.1, -0.05) is 12.1 Å². The fourth-order valence-electron chi connectivity index (χ4n) is 1.40. The Morgan fingerprint density at radius 2 is 2.14 bits per heavy atom. The Bertz CT molecular complexity index is 299. The molecule has 0 saturated carbocycles. The van der Waals surface area contributed by atoms with Crippen LogP contribution in [0.15, 0.2) is 18.2 Å². The first kappa shape index (κ1) is 11.1. The van der Waals surface area contributed by atoms with Crippen molar-refractivity contribution in [2.24, 2.45) is 11.5 Å². The summed E-state index contributed by atoms with van der Waals surface area (Å²) in [6.45, 7) is 2.39. The minimum absolute atomic E-state index is 0.0298. The van der Waals surface area contributed by atoms with Crippen LogP contribution in [0.3, 0.4) is 0 Å². The lowest BCUT2D eigenvalue weighted by Gasteiger charge is -2.12. The molecule has 0 heterocycles. The molecule has 0 aliphatic carbocycles. The van der Waals surface area contributed by atoms with Gasteiger partial charge in [-0.05, 0) is 43.5 Å². The smallest absolute Gasteiger partial charge is 0.126 e. The molecule has 1 aromatic rings. The van der Waals surface area contributed by atoms with Gasteiger partial charge in [-0.15, -0.1) is 0 Å². The highest BCUT2D eigenvalue weighted by Gasteiger charge is 2.06. The lowest BCUT2D eigenvalue weighted by atomic mass is 10.0. The molecule has 3 heteroatoms. The highest BCUT2D eigenvalue weighted by molar-refractivity contribution is 5.26. The van der Waals surface area contributed by atoms with Gasteiger partial charge in [0, 0.05) is 6.04 Å². The quantitative estimate of drug-likeness (QED) is 0.772. The van der Waals surface area contributed by atoms with Gasteiger partial charge in [0.1, 0.15) is 5.82 Å². The van der Waals surface area contributed by atoms with Crippen molar-refractivity contribution >= 4 is 0 Å². The lowest BCUT2D eigenvalue weighted by Crippen LogP contribution is -2.12. The Morgan fingerprint density at radius 1 is 1.43 bits per heavy atom. The molecule has 2 nitrogen and oxygen atoms in total. The van der Waals surface area contributed by atoms with Crippen molar-refractivity contribution in [2.75, 3.05) is 6.54 Å². The Balaban J connectivity index is 2.70. The van der Waals surface area contributed by atoms with Gasteiger partial charge >= 0.3 is 0 Å². The predicted molar refractivity (Wildman–Crippen MR) is 56.4 cm³/mol. The fourth-order valence-corrected chi connectivity index (χ4v) is 1.40. The van der Waals surface area contributed by atoms with Gasteiger partial charge < -0.3 is 11.5 Å². The van der Waals surface area contributed by atoms with Gasteiger partial charge in [-0.3, -0.25) is 0 Å². The second kappa shape index (κ2) is 5.08. The first-order valence-electron chi connectivity index (χ1n) is 4.87. The van der Waals surface area contributed by atoms with E-state index in [2.05, 4.69) is 0 Å². The van der Waals surface area contributed by atoms with Crippen LogP contribution in [-0.2, 0) is 0 Å². The van der Waals surface area contributed by atoms with E-state index < -0.39 is 0 Å². The molecule has 78 valence electrons. The Kier molecular flexibility index (Phi) is 4.04. The largest absolute Gasteiger partial charge is 0.330 e. The molecule has 0 radical (unpaired) electrons. The zero-order valence-electron chi connectivity index (χ0n) is 8.46. The molecule has 0 aliphatic rings. The molecular weight excluding hydrogens is 179 g/mol. The Hall–Kier alpha value is -0.930. The van der Waals surface area contributed by atoms with Crippen molar-refractivity contribution in [1.82, 2.24) is 0 Å². The van der Waals surface area contributed by atoms with Crippen LogP contribution in [0.25, 0.3) is 0 Å². The monoisotopic (exact) mass is 196 g/mol. The highest BCUT2D eigenvalue weighted by atomic mass is 19.1. The molecule has 0 spiro atoms. The van der Waals surface area contributed by atoms with Crippen molar-refractivity contribution in [3.63, 3.8) is 0 Å². The van der Waals surface area contributed by atoms with Crippen LogP contribution in [0, 0.1) is 12.7 Å². The third-order valence-corrected chi connectivity index (χ3v) is 2.33. The molecule has 1 aromatic carbocycles. The van der Waals surface area contributed by atoms with Crippen molar-refractivity contribution in [1.29, 1.82) is 0 Å². The van der Waals surface area contributed by atoms with E-state index in [4.69, 9.17) is 11.5 Å².